The van der Waals surface area contributed by atoms with Gasteiger partial charge in [-0.25, -0.2) is 0 Å². The zero-order valence-corrected chi connectivity index (χ0v) is 11.5. The predicted molar refractivity (Wildman–Crippen MR) is 72.2 cm³/mol. The zero-order valence-electron chi connectivity index (χ0n) is 11.5. The fourth-order valence-electron chi connectivity index (χ4n) is 1.76. The molecule has 0 amide bonds. The van der Waals surface area contributed by atoms with E-state index in [4.69, 9.17) is 14.6 Å². The topological polar surface area (TPSA) is 41.9 Å². The molecule has 0 unspecified atom stereocenters. The van der Waals surface area contributed by atoms with Crippen LogP contribution in [0.2, 0.25) is 0 Å². The lowest BCUT2D eigenvalue weighted by Gasteiger charge is -2.17. The number of ether oxygens (including phenoxy) is 2. The summed E-state index contributed by atoms with van der Waals surface area (Å²) >= 11 is 0. The summed E-state index contributed by atoms with van der Waals surface area (Å²) in [6, 6.07) is 5.97. The molecule has 0 saturated carbocycles. The van der Waals surface area contributed by atoms with E-state index >= 15 is 0 Å². The van der Waals surface area contributed by atoms with E-state index in [0.29, 0.717) is 19.8 Å². The average Bonchev–Trinajstić information content (AvgIpc) is 2.33. The maximum atomic E-state index is 8.88. The van der Waals surface area contributed by atoms with Gasteiger partial charge in [0.1, 0.15) is 0 Å². The monoisotopic (exact) mass is 253 g/mol. The van der Waals surface area contributed by atoms with E-state index in [2.05, 4.69) is 4.90 Å². The second kappa shape index (κ2) is 7.95. The molecule has 0 radical (unpaired) electrons. The molecule has 0 bridgehead atoms. The van der Waals surface area contributed by atoms with Crippen molar-refractivity contribution in [2.45, 2.75) is 20.4 Å². The Bertz CT molecular complexity index is 355. The third-order valence-electron chi connectivity index (χ3n) is 2.54. The minimum atomic E-state index is 0.172. The summed E-state index contributed by atoms with van der Waals surface area (Å²) in [5.41, 5.74) is 1.15. The highest BCUT2D eigenvalue weighted by Crippen LogP contribution is 2.28. The van der Waals surface area contributed by atoms with Crippen LogP contribution in [-0.2, 0) is 6.54 Å². The Morgan fingerprint density at radius 1 is 1.11 bits per heavy atom. The molecule has 4 heteroatoms. The second-order valence-corrected chi connectivity index (χ2v) is 4.11. The molecule has 0 fully saturated rings. The number of hydrogen-bond acceptors (Lipinski definition) is 4. The van der Waals surface area contributed by atoms with E-state index in [1.54, 1.807) is 0 Å². The maximum Gasteiger partial charge on any atom is 0.161 e. The van der Waals surface area contributed by atoms with Gasteiger partial charge in [-0.1, -0.05) is 6.07 Å². The highest BCUT2D eigenvalue weighted by atomic mass is 16.5. The average molecular weight is 253 g/mol. The Morgan fingerprint density at radius 2 is 1.78 bits per heavy atom. The normalized spacial score (nSPS) is 10.7. The van der Waals surface area contributed by atoms with Crippen LogP contribution >= 0.6 is 0 Å². The first-order chi connectivity index (χ1) is 8.71. The summed E-state index contributed by atoms with van der Waals surface area (Å²) in [4.78, 5) is 2.06. The van der Waals surface area contributed by atoms with Crippen LogP contribution in [0.3, 0.4) is 0 Å². The Morgan fingerprint density at radius 3 is 2.39 bits per heavy atom. The Hall–Kier alpha value is -1.26. The molecule has 102 valence electrons. The summed E-state index contributed by atoms with van der Waals surface area (Å²) in [5.74, 6) is 1.57. The van der Waals surface area contributed by atoms with Gasteiger partial charge < -0.3 is 14.6 Å². The minimum absolute atomic E-state index is 0.172. The number of benzene rings is 1. The highest BCUT2D eigenvalue weighted by molar-refractivity contribution is 5.43. The van der Waals surface area contributed by atoms with Gasteiger partial charge >= 0.3 is 0 Å². The zero-order chi connectivity index (χ0) is 13.4. The van der Waals surface area contributed by atoms with Gasteiger partial charge in [-0.2, -0.15) is 0 Å². The molecule has 1 aromatic carbocycles. The Kier molecular flexibility index (Phi) is 6.54. The molecule has 18 heavy (non-hydrogen) atoms. The van der Waals surface area contributed by atoms with Crippen molar-refractivity contribution in [2.75, 3.05) is 33.4 Å². The molecule has 0 aliphatic carbocycles. The molecular formula is C14H23NO3. The van der Waals surface area contributed by atoms with Crippen LogP contribution in [0.4, 0.5) is 0 Å². The number of likely N-dealkylation sites (N-methyl/N-ethyl adjacent to an activating group) is 1. The first kappa shape index (κ1) is 14.8. The number of aliphatic hydroxyl groups excluding tert-OH is 1. The van der Waals surface area contributed by atoms with E-state index in [0.717, 1.165) is 23.6 Å². The van der Waals surface area contributed by atoms with Crippen molar-refractivity contribution in [1.82, 2.24) is 4.90 Å². The number of hydrogen-bond donors (Lipinski definition) is 1. The summed E-state index contributed by atoms with van der Waals surface area (Å²) in [5, 5.41) is 8.88. The molecule has 0 aliphatic rings. The van der Waals surface area contributed by atoms with Crippen LogP contribution in [0.15, 0.2) is 18.2 Å². The van der Waals surface area contributed by atoms with Crippen molar-refractivity contribution in [3.05, 3.63) is 23.8 Å². The number of rotatable bonds is 8. The summed E-state index contributed by atoms with van der Waals surface area (Å²) in [7, 11) is 1.98. The van der Waals surface area contributed by atoms with E-state index < -0.39 is 0 Å². The van der Waals surface area contributed by atoms with Crippen molar-refractivity contribution < 1.29 is 14.6 Å². The smallest absolute Gasteiger partial charge is 0.161 e. The van der Waals surface area contributed by atoms with Gasteiger partial charge in [0.05, 0.1) is 19.8 Å². The van der Waals surface area contributed by atoms with Crippen LogP contribution in [0, 0.1) is 0 Å². The van der Waals surface area contributed by atoms with Crippen molar-refractivity contribution in [1.29, 1.82) is 0 Å². The lowest BCUT2D eigenvalue weighted by atomic mass is 10.2. The van der Waals surface area contributed by atoms with Crippen LogP contribution < -0.4 is 9.47 Å². The van der Waals surface area contributed by atoms with Gasteiger partial charge in [0.15, 0.2) is 11.5 Å². The van der Waals surface area contributed by atoms with Gasteiger partial charge in [0.25, 0.3) is 0 Å². The van der Waals surface area contributed by atoms with Crippen molar-refractivity contribution in [3.63, 3.8) is 0 Å². The molecule has 0 spiro atoms. The molecule has 0 saturated heterocycles. The number of aliphatic hydroxyl groups is 1. The van der Waals surface area contributed by atoms with Crippen LogP contribution in [-0.4, -0.2) is 43.4 Å². The van der Waals surface area contributed by atoms with E-state index in [-0.39, 0.29) is 6.61 Å². The van der Waals surface area contributed by atoms with Gasteiger partial charge in [-0.15, -0.1) is 0 Å². The fourth-order valence-corrected chi connectivity index (χ4v) is 1.76. The van der Waals surface area contributed by atoms with E-state index in [1.807, 2.05) is 39.1 Å². The molecule has 0 aliphatic heterocycles. The predicted octanol–water partition coefficient (Wildman–Crippen LogP) is 1.91. The van der Waals surface area contributed by atoms with Crippen LogP contribution in [0.5, 0.6) is 11.5 Å². The standard InChI is InChI=1S/C14H23NO3/c1-4-17-13-7-6-12(10-14(13)18-5-2)11-15(3)8-9-16/h6-7,10,16H,4-5,8-9,11H2,1-3H3. The number of nitrogens with zero attached hydrogens (tertiary/aromatic N) is 1. The SMILES string of the molecule is CCOc1ccc(CN(C)CCO)cc1OCC. The summed E-state index contributed by atoms with van der Waals surface area (Å²) < 4.78 is 11.1. The molecule has 1 aromatic rings. The van der Waals surface area contributed by atoms with Gasteiger partial charge in [-0.3, -0.25) is 4.90 Å². The molecule has 0 heterocycles. The van der Waals surface area contributed by atoms with Crippen LogP contribution in [0.1, 0.15) is 19.4 Å². The molecular weight excluding hydrogens is 230 g/mol. The lowest BCUT2D eigenvalue weighted by molar-refractivity contribution is 0.217. The van der Waals surface area contributed by atoms with Crippen LogP contribution in [0.25, 0.3) is 0 Å². The third kappa shape index (κ3) is 4.55. The van der Waals surface area contributed by atoms with Gasteiger partial charge in [-0.05, 0) is 38.6 Å². The van der Waals surface area contributed by atoms with E-state index in [9.17, 15) is 0 Å². The summed E-state index contributed by atoms with van der Waals surface area (Å²) in [6.07, 6.45) is 0. The molecule has 0 atom stereocenters. The molecule has 1 N–H and O–H groups in total. The van der Waals surface area contributed by atoms with Crippen molar-refractivity contribution >= 4 is 0 Å². The van der Waals surface area contributed by atoms with Gasteiger partial charge in [0.2, 0.25) is 0 Å². The minimum Gasteiger partial charge on any atom is -0.490 e. The van der Waals surface area contributed by atoms with Crippen molar-refractivity contribution in [2.24, 2.45) is 0 Å². The third-order valence-corrected chi connectivity index (χ3v) is 2.54. The highest BCUT2D eigenvalue weighted by Gasteiger charge is 2.07. The first-order valence-corrected chi connectivity index (χ1v) is 6.39. The Labute approximate surface area is 109 Å². The molecule has 4 nitrogen and oxygen atoms in total. The molecule has 1 rings (SSSR count). The Balaban J connectivity index is 2.78. The van der Waals surface area contributed by atoms with E-state index in [1.165, 1.54) is 0 Å². The van der Waals surface area contributed by atoms with Crippen molar-refractivity contribution in [3.8, 4) is 11.5 Å². The lowest BCUT2D eigenvalue weighted by Crippen LogP contribution is -2.21. The maximum absolute atomic E-state index is 8.88. The van der Waals surface area contributed by atoms with Gasteiger partial charge in [0, 0.05) is 13.1 Å². The second-order valence-electron chi connectivity index (χ2n) is 4.11. The molecule has 0 aromatic heterocycles. The first-order valence-electron chi connectivity index (χ1n) is 6.39. The summed E-state index contributed by atoms with van der Waals surface area (Å²) in [6.45, 7) is 6.79. The quantitative estimate of drug-likeness (QED) is 0.768. The fraction of sp³-hybridized carbons (Fsp3) is 0.571. The largest absolute Gasteiger partial charge is 0.490 e.